The first-order valence-corrected chi connectivity index (χ1v) is 16.5. The molecular formula is C32H56N10. The Morgan fingerprint density at radius 1 is 0.452 bits per heavy atom. The molecule has 234 valence electrons. The van der Waals surface area contributed by atoms with Crippen molar-refractivity contribution in [2.75, 3.05) is 105 Å². The summed E-state index contributed by atoms with van der Waals surface area (Å²) in [5.41, 5.74) is 4.52. The van der Waals surface area contributed by atoms with Crippen molar-refractivity contribution in [2.45, 2.75) is 38.8 Å². The maximum Gasteiger partial charge on any atom is 0.0889 e. The van der Waals surface area contributed by atoms with Gasteiger partial charge in [-0.1, -0.05) is 0 Å². The van der Waals surface area contributed by atoms with Crippen LogP contribution < -0.4 is 31.9 Å². The molecule has 10 heteroatoms. The van der Waals surface area contributed by atoms with Gasteiger partial charge in [-0.15, -0.1) is 0 Å². The summed E-state index contributed by atoms with van der Waals surface area (Å²) in [7, 11) is 0. The van der Waals surface area contributed by atoms with Crippen molar-refractivity contribution in [3.63, 3.8) is 0 Å². The van der Waals surface area contributed by atoms with E-state index in [1.807, 2.05) is 12.4 Å². The van der Waals surface area contributed by atoms with Crippen LogP contribution in [0.25, 0.3) is 11.4 Å². The minimum atomic E-state index is 0.934. The maximum absolute atomic E-state index is 4.73. The predicted molar refractivity (Wildman–Crippen MR) is 174 cm³/mol. The summed E-state index contributed by atoms with van der Waals surface area (Å²) in [5, 5.41) is 21.4. The first-order valence-electron chi connectivity index (χ1n) is 16.5. The fourth-order valence-electron chi connectivity index (χ4n) is 5.59. The number of rotatable bonds is 5. The maximum atomic E-state index is 4.73. The Bertz CT molecular complexity index is 868. The Kier molecular flexibility index (Phi) is 16.3. The lowest BCUT2D eigenvalue weighted by Gasteiger charge is -2.24. The van der Waals surface area contributed by atoms with Crippen LogP contribution in [0.4, 0.5) is 0 Å². The zero-order chi connectivity index (χ0) is 28.9. The van der Waals surface area contributed by atoms with Gasteiger partial charge >= 0.3 is 0 Å². The standard InChI is InChI=1S/C32H56N10/c1-7-33-15-17-35-11-3-21-41(23-19-37-9-1)27-29-5-13-39-31(25-29)32-26-30(6-14-40-32)28-42-22-4-12-36-18-16-34-8-2-10-38-20-24-42/h5-6,13-14,25-26,33-38H,1-4,7-12,15-24,27-28H2. The number of hydrogen-bond donors (Lipinski definition) is 6. The van der Waals surface area contributed by atoms with Crippen molar-refractivity contribution in [1.29, 1.82) is 0 Å². The minimum absolute atomic E-state index is 0.934. The van der Waals surface area contributed by atoms with Gasteiger partial charge in [0.15, 0.2) is 0 Å². The molecule has 0 saturated carbocycles. The Labute approximate surface area is 254 Å². The highest BCUT2D eigenvalue weighted by atomic mass is 15.1. The molecule has 2 aliphatic rings. The number of hydrogen-bond acceptors (Lipinski definition) is 10. The van der Waals surface area contributed by atoms with Gasteiger partial charge in [-0.05, 0) is 113 Å². The molecule has 4 rings (SSSR count). The van der Waals surface area contributed by atoms with Crippen LogP contribution in [0.1, 0.15) is 36.8 Å². The quantitative estimate of drug-likeness (QED) is 0.305. The van der Waals surface area contributed by atoms with E-state index in [0.717, 1.165) is 142 Å². The molecular weight excluding hydrogens is 524 g/mol. The second-order valence-electron chi connectivity index (χ2n) is 11.6. The second kappa shape index (κ2) is 20.8. The highest BCUT2D eigenvalue weighted by Crippen LogP contribution is 2.19. The molecule has 2 aromatic rings. The molecule has 0 spiro atoms. The van der Waals surface area contributed by atoms with Gasteiger partial charge < -0.3 is 31.9 Å². The minimum Gasteiger partial charge on any atom is -0.315 e. The van der Waals surface area contributed by atoms with Crippen LogP contribution >= 0.6 is 0 Å². The van der Waals surface area contributed by atoms with Crippen LogP contribution in [0.3, 0.4) is 0 Å². The third-order valence-electron chi connectivity index (χ3n) is 7.96. The second-order valence-corrected chi connectivity index (χ2v) is 11.6. The van der Waals surface area contributed by atoms with E-state index >= 15 is 0 Å². The van der Waals surface area contributed by atoms with Crippen molar-refractivity contribution in [3.05, 3.63) is 47.8 Å². The molecule has 6 N–H and O–H groups in total. The normalized spacial score (nSPS) is 21.2. The van der Waals surface area contributed by atoms with Gasteiger partial charge in [0.2, 0.25) is 0 Å². The summed E-state index contributed by atoms with van der Waals surface area (Å²) in [6.45, 7) is 18.8. The van der Waals surface area contributed by atoms with Gasteiger partial charge in [0.25, 0.3) is 0 Å². The highest BCUT2D eigenvalue weighted by Gasteiger charge is 2.11. The van der Waals surface area contributed by atoms with Gasteiger partial charge in [-0.2, -0.15) is 0 Å². The molecule has 0 bridgehead atoms. The molecule has 2 saturated heterocycles. The molecule has 10 nitrogen and oxygen atoms in total. The number of nitrogens with one attached hydrogen (secondary N) is 6. The Balaban J connectivity index is 1.34. The van der Waals surface area contributed by atoms with Gasteiger partial charge in [0.1, 0.15) is 0 Å². The smallest absolute Gasteiger partial charge is 0.0889 e. The van der Waals surface area contributed by atoms with E-state index in [2.05, 4.69) is 66.0 Å². The molecule has 2 aliphatic heterocycles. The Morgan fingerprint density at radius 3 is 1.26 bits per heavy atom. The fourth-order valence-corrected chi connectivity index (χ4v) is 5.59. The summed E-state index contributed by atoms with van der Waals surface area (Å²) in [6, 6.07) is 8.80. The van der Waals surface area contributed by atoms with E-state index in [-0.39, 0.29) is 0 Å². The van der Waals surface area contributed by atoms with E-state index in [1.165, 1.54) is 24.0 Å². The zero-order valence-corrected chi connectivity index (χ0v) is 25.8. The number of aromatic nitrogens is 2. The Morgan fingerprint density at radius 2 is 0.833 bits per heavy atom. The van der Waals surface area contributed by atoms with E-state index < -0.39 is 0 Å². The van der Waals surface area contributed by atoms with Gasteiger partial charge in [0, 0.05) is 77.8 Å². The predicted octanol–water partition coefficient (Wildman–Crippen LogP) is 0.873. The van der Waals surface area contributed by atoms with Crippen molar-refractivity contribution in [3.8, 4) is 11.4 Å². The van der Waals surface area contributed by atoms with Crippen LogP contribution in [0.15, 0.2) is 36.7 Å². The molecule has 0 atom stereocenters. The highest BCUT2D eigenvalue weighted by molar-refractivity contribution is 5.55. The lowest BCUT2D eigenvalue weighted by molar-refractivity contribution is 0.260. The van der Waals surface area contributed by atoms with Gasteiger partial charge in [-0.3, -0.25) is 19.8 Å². The largest absolute Gasteiger partial charge is 0.315 e. The van der Waals surface area contributed by atoms with Crippen molar-refractivity contribution in [2.24, 2.45) is 0 Å². The van der Waals surface area contributed by atoms with Crippen molar-refractivity contribution < 1.29 is 0 Å². The third kappa shape index (κ3) is 13.5. The average Bonchev–Trinajstić information content (AvgIpc) is 3.01. The first-order chi connectivity index (χ1) is 20.9. The summed E-state index contributed by atoms with van der Waals surface area (Å²) < 4.78 is 0. The molecule has 42 heavy (non-hydrogen) atoms. The molecule has 0 unspecified atom stereocenters. The lowest BCUT2D eigenvalue weighted by atomic mass is 10.1. The third-order valence-corrected chi connectivity index (χ3v) is 7.96. The van der Waals surface area contributed by atoms with E-state index in [4.69, 9.17) is 9.97 Å². The molecule has 0 radical (unpaired) electrons. The van der Waals surface area contributed by atoms with E-state index in [1.54, 1.807) is 0 Å². The molecule has 2 aromatic heterocycles. The fraction of sp³-hybridized carbons (Fsp3) is 0.688. The van der Waals surface area contributed by atoms with Crippen molar-refractivity contribution >= 4 is 0 Å². The summed E-state index contributed by atoms with van der Waals surface area (Å²) in [5.74, 6) is 0. The summed E-state index contributed by atoms with van der Waals surface area (Å²) in [6.07, 6.45) is 8.55. The lowest BCUT2D eigenvalue weighted by Crippen LogP contribution is -2.36. The SMILES string of the molecule is c1cc(CN2CCCNCCNCCCNCC2)cc(-c2cc(CN3CCCNCCNCCCNCC3)ccn2)n1. The van der Waals surface area contributed by atoms with E-state index in [0.29, 0.717) is 0 Å². The number of nitrogens with zero attached hydrogens (tertiary/aromatic N) is 4. The van der Waals surface area contributed by atoms with E-state index in [9.17, 15) is 0 Å². The molecule has 0 aliphatic carbocycles. The summed E-state index contributed by atoms with van der Waals surface area (Å²) in [4.78, 5) is 14.6. The van der Waals surface area contributed by atoms with Gasteiger partial charge in [-0.25, -0.2) is 0 Å². The van der Waals surface area contributed by atoms with Gasteiger partial charge in [0.05, 0.1) is 11.4 Å². The van der Waals surface area contributed by atoms with Crippen LogP contribution in [-0.2, 0) is 13.1 Å². The first kappa shape index (κ1) is 32.9. The van der Waals surface area contributed by atoms with Crippen LogP contribution in [0.5, 0.6) is 0 Å². The van der Waals surface area contributed by atoms with Crippen LogP contribution in [-0.4, -0.2) is 124 Å². The van der Waals surface area contributed by atoms with Crippen molar-refractivity contribution in [1.82, 2.24) is 51.7 Å². The average molecular weight is 581 g/mol. The molecule has 0 amide bonds. The molecule has 0 aromatic carbocycles. The summed E-state index contributed by atoms with van der Waals surface area (Å²) >= 11 is 0. The van der Waals surface area contributed by atoms with Crippen LogP contribution in [0.2, 0.25) is 0 Å². The number of pyridine rings is 2. The zero-order valence-electron chi connectivity index (χ0n) is 25.8. The molecule has 4 heterocycles. The topological polar surface area (TPSA) is 104 Å². The monoisotopic (exact) mass is 580 g/mol. The molecule has 2 fully saturated rings. The Hall–Kier alpha value is -2.02. The van der Waals surface area contributed by atoms with Crippen LogP contribution in [0, 0.1) is 0 Å².